The molecule has 1 aromatic heterocycles. The average molecular weight is 196 g/mol. The molecule has 0 radical (unpaired) electrons. The highest BCUT2D eigenvalue weighted by Gasteiger charge is 2.19. The van der Waals surface area contributed by atoms with Crippen molar-refractivity contribution in [3.05, 3.63) is 12.4 Å². The number of nitrogens with one attached hydrogen (secondary N) is 1. The van der Waals surface area contributed by atoms with Crippen LogP contribution in [0.15, 0.2) is 17.6 Å². The maximum Gasteiger partial charge on any atom is 0.165 e. The molecule has 1 saturated carbocycles. The predicted octanol–water partition coefficient (Wildman–Crippen LogP) is 2.01. The second-order valence-electron chi connectivity index (χ2n) is 3.25. The van der Waals surface area contributed by atoms with E-state index in [4.69, 9.17) is 0 Å². The molecule has 1 aromatic rings. The van der Waals surface area contributed by atoms with Crippen LogP contribution in [0.25, 0.3) is 0 Å². The van der Waals surface area contributed by atoms with Gasteiger partial charge in [-0.3, -0.25) is 4.79 Å². The van der Waals surface area contributed by atoms with Gasteiger partial charge in [-0.05, 0) is 12.8 Å². The van der Waals surface area contributed by atoms with E-state index in [1.807, 2.05) is 6.20 Å². The van der Waals surface area contributed by atoms with Gasteiger partial charge in [-0.1, -0.05) is 11.8 Å². The highest BCUT2D eigenvalue weighted by molar-refractivity contribution is 7.99. The minimum atomic E-state index is 0.413. The largest absolute Gasteiger partial charge is 0.340 e. The van der Waals surface area contributed by atoms with Crippen molar-refractivity contribution in [3.8, 4) is 0 Å². The Balaban J connectivity index is 1.86. The summed E-state index contributed by atoms with van der Waals surface area (Å²) in [6.07, 6.45) is 7.10. The number of imidazole rings is 1. The molecular weight excluding hydrogens is 184 g/mol. The Labute approximate surface area is 81.3 Å². The lowest BCUT2D eigenvalue weighted by Gasteiger charge is -2.18. The lowest BCUT2D eigenvalue weighted by Crippen LogP contribution is -2.15. The Hall–Kier alpha value is -0.770. The van der Waals surface area contributed by atoms with E-state index in [2.05, 4.69) is 9.97 Å². The molecule has 4 heteroatoms. The van der Waals surface area contributed by atoms with Crippen LogP contribution in [0.1, 0.15) is 25.7 Å². The van der Waals surface area contributed by atoms with Gasteiger partial charge in [0.25, 0.3) is 0 Å². The van der Waals surface area contributed by atoms with Gasteiger partial charge in [0.1, 0.15) is 5.78 Å². The second kappa shape index (κ2) is 3.96. The molecule has 1 fully saturated rings. The molecule has 0 bridgehead atoms. The monoisotopic (exact) mass is 196 g/mol. The number of rotatable bonds is 2. The Morgan fingerprint density at radius 2 is 2.23 bits per heavy atom. The molecule has 3 nitrogen and oxygen atoms in total. The third-order valence-electron chi connectivity index (χ3n) is 2.24. The first-order chi connectivity index (χ1) is 6.34. The number of ketones is 1. The van der Waals surface area contributed by atoms with Crippen LogP contribution in [-0.2, 0) is 4.79 Å². The summed E-state index contributed by atoms with van der Waals surface area (Å²) in [5.74, 6) is 0.413. The summed E-state index contributed by atoms with van der Waals surface area (Å²) in [4.78, 5) is 18.2. The molecule has 0 aromatic carbocycles. The molecule has 0 aliphatic heterocycles. The van der Waals surface area contributed by atoms with Gasteiger partial charge in [0.2, 0.25) is 0 Å². The van der Waals surface area contributed by atoms with Crippen LogP contribution in [0.3, 0.4) is 0 Å². The Morgan fingerprint density at radius 1 is 1.46 bits per heavy atom. The standard InChI is InChI=1S/C9H12N2OS/c12-7-1-3-8(4-2-7)13-9-10-5-6-11-9/h5-6,8H,1-4H2,(H,10,11). The Kier molecular flexibility index (Phi) is 2.68. The lowest BCUT2D eigenvalue weighted by molar-refractivity contribution is -0.120. The van der Waals surface area contributed by atoms with Gasteiger partial charge in [-0.2, -0.15) is 0 Å². The Bertz CT molecular complexity index is 274. The molecule has 1 aliphatic rings. The van der Waals surface area contributed by atoms with Gasteiger partial charge in [0.15, 0.2) is 5.16 Å². The number of nitrogens with zero attached hydrogens (tertiary/aromatic N) is 1. The van der Waals surface area contributed by atoms with Crippen LogP contribution >= 0.6 is 11.8 Å². The molecule has 1 heterocycles. The molecular formula is C9H12N2OS. The summed E-state index contributed by atoms with van der Waals surface area (Å²) < 4.78 is 0. The minimum Gasteiger partial charge on any atom is -0.340 e. The fourth-order valence-corrected chi connectivity index (χ4v) is 2.55. The molecule has 1 aliphatic carbocycles. The normalized spacial score (nSPS) is 19.2. The second-order valence-corrected chi connectivity index (χ2v) is 4.54. The van der Waals surface area contributed by atoms with Crippen LogP contribution in [0.2, 0.25) is 0 Å². The van der Waals surface area contributed by atoms with Crippen LogP contribution in [0, 0.1) is 0 Å². The van der Waals surface area contributed by atoms with Crippen LogP contribution in [-0.4, -0.2) is 21.0 Å². The van der Waals surface area contributed by atoms with Gasteiger partial charge in [0, 0.05) is 30.5 Å². The summed E-state index contributed by atoms with van der Waals surface area (Å²) in [6.45, 7) is 0. The van der Waals surface area contributed by atoms with Crippen molar-refractivity contribution in [3.63, 3.8) is 0 Å². The maximum atomic E-state index is 11.0. The number of hydrogen-bond acceptors (Lipinski definition) is 3. The molecule has 0 saturated heterocycles. The van der Waals surface area contributed by atoms with Gasteiger partial charge in [-0.15, -0.1) is 0 Å². The third-order valence-corrected chi connectivity index (χ3v) is 3.49. The molecule has 0 unspecified atom stereocenters. The third kappa shape index (κ3) is 2.34. The van der Waals surface area contributed by atoms with E-state index in [0.717, 1.165) is 30.8 Å². The van der Waals surface area contributed by atoms with Gasteiger partial charge < -0.3 is 4.98 Å². The fraction of sp³-hybridized carbons (Fsp3) is 0.556. The van der Waals surface area contributed by atoms with E-state index in [9.17, 15) is 4.79 Å². The number of aromatic amines is 1. The smallest absolute Gasteiger partial charge is 0.165 e. The zero-order valence-electron chi connectivity index (χ0n) is 7.32. The number of thioether (sulfide) groups is 1. The molecule has 0 atom stereocenters. The van der Waals surface area contributed by atoms with Crippen molar-refractivity contribution in [2.75, 3.05) is 0 Å². The molecule has 2 rings (SSSR count). The number of carbonyl (C=O) groups excluding carboxylic acids is 1. The van der Waals surface area contributed by atoms with E-state index in [-0.39, 0.29) is 0 Å². The number of Topliss-reactive ketones (excluding diaryl/α,β-unsaturated/α-hetero) is 1. The average Bonchev–Trinajstić information content (AvgIpc) is 2.62. The van der Waals surface area contributed by atoms with E-state index in [0.29, 0.717) is 11.0 Å². The SMILES string of the molecule is O=C1CCC(Sc2ncc[nH]2)CC1. The van der Waals surface area contributed by atoms with Crippen molar-refractivity contribution in [2.45, 2.75) is 36.1 Å². The van der Waals surface area contributed by atoms with Gasteiger partial charge in [0.05, 0.1) is 0 Å². The van der Waals surface area contributed by atoms with Crippen molar-refractivity contribution in [2.24, 2.45) is 0 Å². The Morgan fingerprint density at radius 3 is 2.85 bits per heavy atom. The molecule has 1 N–H and O–H groups in total. The highest BCUT2D eigenvalue weighted by Crippen LogP contribution is 2.30. The van der Waals surface area contributed by atoms with E-state index in [1.54, 1.807) is 18.0 Å². The summed E-state index contributed by atoms with van der Waals surface area (Å²) in [6, 6.07) is 0. The van der Waals surface area contributed by atoms with E-state index >= 15 is 0 Å². The van der Waals surface area contributed by atoms with Crippen molar-refractivity contribution in [1.29, 1.82) is 0 Å². The van der Waals surface area contributed by atoms with Crippen molar-refractivity contribution < 1.29 is 4.79 Å². The van der Waals surface area contributed by atoms with Crippen LogP contribution in [0.5, 0.6) is 0 Å². The summed E-state index contributed by atoms with van der Waals surface area (Å²) >= 11 is 1.75. The number of hydrogen-bond donors (Lipinski definition) is 1. The summed E-state index contributed by atoms with van der Waals surface area (Å²) in [7, 11) is 0. The minimum absolute atomic E-state index is 0.413. The number of H-pyrrole nitrogens is 1. The summed E-state index contributed by atoms with van der Waals surface area (Å²) in [5, 5.41) is 1.54. The number of carbonyl (C=O) groups is 1. The first kappa shape index (κ1) is 8.81. The van der Waals surface area contributed by atoms with Gasteiger partial charge >= 0.3 is 0 Å². The number of aromatic nitrogens is 2. The molecule has 70 valence electrons. The quantitative estimate of drug-likeness (QED) is 0.787. The highest BCUT2D eigenvalue weighted by atomic mass is 32.2. The van der Waals surface area contributed by atoms with Crippen LogP contribution < -0.4 is 0 Å². The lowest BCUT2D eigenvalue weighted by atomic mass is 9.99. The summed E-state index contributed by atoms with van der Waals surface area (Å²) in [5.41, 5.74) is 0. The molecule has 0 amide bonds. The zero-order chi connectivity index (χ0) is 9.10. The molecule has 13 heavy (non-hydrogen) atoms. The first-order valence-electron chi connectivity index (χ1n) is 4.52. The predicted molar refractivity (Wildman–Crippen MR) is 51.7 cm³/mol. The molecule has 0 spiro atoms. The van der Waals surface area contributed by atoms with Crippen molar-refractivity contribution >= 4 is 17.5 Å². The van der Waals surface area contributed by atoms with E-state index < -0.39 is 0 Å². The first-order valence-corrected chi connectivity index (χ1v) is 5.40. The maximum absolute atomic E-state index is 11.0. The van der Waals surface area contributed by atoms with E-state index in [1.165, 1.54) is 0 Å². The van der Waals surface area contributed by atoms with Crippen molar-refractivity contribution in [1.82, 2.24) is 9.97 Å². The topological polar surface area (TPSA) is 45.8 Å². The fourth-order valence-electron chi connectivity index (χ4n) is 1.50. The van der Waals surface area contributed by atoms with Gasteiger partial charge in [-0.25, -0.2) is 4.98 Å². The zero-order valence-corrected chi connectivity index (χ0v) is 8.14. The van der Waals surface area contributed by atoms with Crippen LogP contribution in [0.4, 0.5) is 0 Å².